The maximum atomic E-state index is 13.3. The van der Waals surface area contributed by atoms with Crippen LogP contribution < -0.4 is 5.56 Å². The molecule has 0 saturated carbocycles. The number of benzene rings is 2. The fourth-order valence-electron chi connectivity index (χ4n) is 2.02. The van der Waals surface area contributed by atoms with Crippen LogP contribution in [0.3, 0.4) is 0 Å². The maximum absolute atomic E-state index is 13.3. The topological polar surface area (TPSA) is 106 Å². The van der Waals surface area contributed by atoms with Crippen LogP contribution in [0, 0.1) is 11.6 Å². The second kappa shape index (κ2) is 4.69. The van der Waals surface area contributed by atoms with Crippen molar-refractivity contribution in [2.24, 2.45) is 0 Å². The first-order valence-electron chi connectivity index (χ1n) is 6.02. The highest BCUT2D eigenvalue weighted by Gasteiger charge is 2.17. The van der Waals surface area contributed by atoms with E-state index in [1.54, 1.807) is 0 Å². The second-order valence-corrected chi connectivity index (χ2v) is 4.53. The van der Waals surface area contributed by atoms with E-state index in [1.165, 1.54) is 0 Å². The van der Waals surface area contributed by atoms with Crippen LogP contribution in [0.4, 0.5) is 8.78 Å². The monoisotopic (exact) mass is 306 g/mol. The molecule has 8 heteroatoms. The average molecular weight is 306 g/mol. The van der Waals surface area contributed by atoms with Crippen LogP contribution in [-0.4, -0.2) is 25.3 Å². The molecule has 1 heterocycles. The molecule has 0 aliphatic carbocycles. The number of phenolic OH excluding ortho intramolecular Hbond substituents is 3. The molecule has 3 aromatic rings. The third-order valence-electron chi connectivity index (χ3n) is 3.12. The molecule has 0 atom stereocenters. The summed E-state index contributed by atoms with van der Waals surface area (Å²) < 4.78 is 26.4. The minimum Gasteiger partial charge on any atom is -0.504 e. The molecule has 0 aliphatic heterocycles. The van der Waals surface area contributed by atoms with E-state index in [1.807, 2.05) is 0 Å². The summed E-state index contributed by atoms with van der Waals surface area (Å²) in [5.41, 5.74) is -1.32. The van der Waals surface area contributed by atoms with E-state index in [9.17, 15) is 28.9 Å². The van der Waals surface area contributed by atoms with Crippen molar-refractivity contribution in [1.82, 2.24) is 9.97 Å². The molecule has 1 aromatic heterocycles. The smallest absolute Gasteiger partial charge is 0.275 e. The number of halogens is 2. The largest absolute Gasteiger partial charge is 0.504 e. The van der Waals surface area contributed by atoms with Gasteiger partial charge in [0.05, 0.1) is 16.6 Å². The third-order valence-corrected chi connectivity index (χ3v) is 3.12. The molecule has 0 saturated heterocycles. The first kappa shape index (κ1) is 13.8. The van der Waals surface area contributed by atoms with Crippen molar-refractivity contribution >= 4 is 11.0 Å². The summed E-state index contributed by atoms with van der Waals surface area (Å²) >= 11 is 0. The first-order valence-corrected chi connectivity index (χ1v) is 6.02. The lowest BCUT2D eigenvalue weighted by atomic mass is 10.1. The first-order chi connectivity index (χ1) is 10.4. The number of aromatic hydroxyl groups is 3. The molecule has 0 amide bonds. The number of H-pyrrole nitrogens is 1. The van der Waals surface area contributed by atoms with Gasteiger partial charge in [-0.05, 0) is 12.1 Å². The lowest BCUT2D eigenvalue weighted by Gasteiger charge is -2.07. The van der Waals surface area contributed by atoms with Gasteiger partial charge >= 0.3 is 0 Å². The van der Waals surface area contributed by atoms with Crippen molar-refractivity contribution in [3.63, 3.8) is 0 Å². The van der Waals surface area contributed by atoms with Crippen LogP contribution in [0.2, 0.25) is 0 Å². The SMILES string of the molecule is O=c1[nH]c2cc(F)c(F)cc2nc1-c1ccc(O)c(O)c1O. The Bertz CT molecular complexity index is 969. The van der Waals surface area contributed by atoms with E-state index in [0.29, 0.717) is 0 Å². The average Bonchev–Trinajstić information content (AvgIpc) is 2.47. The van der Waals surface area contributed by atoms with Crippen molar-refractivity contribution in [3.8, 4) is 28.5 Å². The van der Waals surface area contributed by atoms with Gasteiger partial charge in [0, 0.05) is 12.1 Å². The molecular formula is C14H8F2N2O4. The van der Waals surface area contributed by atoms with Gasteiger partial charge in [-0.3, -0.25) is 4.79 Å². The van der Waals surface area contributed by atoms with E-state index in [4.69, 9.17) is 0 Å². The summed E-state index contributed by atoms with van der Waals surface area (Å²) in [6.07, 6.45) is 0. The minimum absolute atomic E-state index is 0.0184. The second-order valence-electron chi connectivity index (χ2n) is 4.53. The standard InChI is InChI=1S/C14H8F2N2O4/c15-6-3-8-9(4-7(6)16)18-14(22)11(17-8)5-1-2-10(19)13(21)12(5)20/h1-4,19-21H,(H,18,22). The molecule has 0 spiro atoms. The van der Waals surface area contributed by atoms with Gasteiger partial charge in [0.2, 0.25) is 5.75 Å². The van der Waals surface area contributed by atoms with Gasteiger partial charge in [-0.25, -0.2) is 13.8 Å². The molecule has 0 unspecified atom stereocenters. The Balaban J connectivity index is 2.32. The van der Waals surface area contributed by atoms with Crippen molar-refractivity contribution in [2.45, 2.75) is 0 Å². The summed E-state index contributed by atoms with van der Waals surface area (Å²) in [5.74, 6) is -4.42. The van der Waals surface area contributed by atoms with E-state index < -0.39 is 34.4 Å². The van der Waals surface area contributed by atoms with Crippen molar-refractivity contribution in [2.75, 3.05) is 0 Å². The summed E-state index contributed by atoms with van der Waals surface area (Å²) in [7, 11) is 0. The number of hydrogen-bond donors (Lipinski definition) is 4. The van der Waals surface area contributed by atoms with Crippen LogP contribution >= 0.6 is 0 Å². The highest BCUT2D eigenvalue weighted by molar-refractivity contribution is 5.79. The van der Waals surface area contributed by atoms with Gasteiger partial charge in [0.25, 0.3) is 5.56 Å². The number of phenols is 3. The summed E-state index contributed by atoms with van der Waals surface area (Å²) in [6, 6.07) is 3.80. The van der Waals surface area contributed by atoms with Crippen LogP contribution in [-0.2, 0) is 0 Å². The van der Waals surface area contributed by atoms with E-state index in [0.717, 1.165) is 24.3 Å². The van der Waals surface area contributed by atoms with Crippen LogP contribution in [0.5, 0.6) is 17.2 Å². The molecule has 0 aliphatic rings. The lowest BCUT2D eigenvalue weighted by Crippen LogP contribution is -2.12. The maximum Gasteiger partial charge on any atom is 0.275 e. The summed E-state index contributed by atoms with van der Waals surface area (Å²) in [5, 5.41) is 28.5. The highest BCUT2D eigenvalue weighted by atomic mass is 19.2. The Morgan fingerprint density at radius 1 is 1.00 bits per heavy atom. The Labute approximate surface area is 120 Å². The zero-order valence-electron chi connectivity index (χ0n) is 10.8. The van der Waals surface area contributed by atoms with E-state index in [-0.39, 0.29) is 22.3 Å². The quantitative estimate of drug-likeness (QED) is 0.514. The molecular weight excluding hydrogens is 298 g/mol. The van der Waals surface area contributed by atoms with Crippen molar-refractivity contribution in [3.05, 3.63) is 46.3 Å². The number of nitrogens with zero attached hydrogens (tertiary/aromatic N) is 1. The van der Waals surface area contributed by atoms with Crippen molar-refractivity contribution < 1.29 is 24.1 Å². The van der Waals surface area contributed by atoms with Crippen LogP contribution in [0.25, 0.3) is 22.3 Å². The lowest BCUT2D eigenvalue weighted by molar-refractivity contribution is 0.369. The number of nitrogens with one attached hydrogen (secondary N) is 1. The van der Waals surface area contributed by atoms with E-state index in [2.05, 4.69) is 9.97 Å². The van der Waals surface area contributed by atoms with Gasteiger partial charge in [-0.2, -0.15) is 0 Å². The normalized spacial score (nSPS) is 11.0. The molecule has 0 radical (unpaired) electrons. The zero-order chi connectivity index (χ0) is 16.0. The number of aromatic amines is 1. The van der Waals surface area contributed by atoms with E-state index >= 15 is 0 Å². The molecule has 3 rings (SSSR count). The predicted octanol–water partition coefficient (Wildman–Crippen LogP) is 1.99. The van der Waals surface area contributed by atoms with Gasteiger partial charge in [-0.1, -0.05) is 0 Å². The number of aromatic nitrogens is 2. The molecule has 6 nitrogen and oxygen atoms in total. The molecule has 22 heavy (non-hydrogen) atoms. The molecule has 0 fully saturated rings. The van der Waals surface area contributed by atoms with Gasteiger partial charge in [-0.15, -0.1) is 0 Å². The van der Waals surface area contributed by atoms with Crippen molar-refractivity contribution in [1.29, 1.82) is 0 Å². The molecule has 4 N–H and O–H groups in total. The third kappa shape index (κ3) is 2.01. The Kier molecular flexibility index (Phi) is 2.94. The number of rotatable bonds is 1. The highest BCUT2D eigenvalue weighted by Crippen LogP contribution is 2.40. The minimum atomic E-state index is -1.14. The van der Waals surface area contributed by atoms with Gasteiger partial charge < -0.3 is 20.3 Å². The fraction of sp³-hybridized carbons (Fsp3) is 0. The predicted molar refractivity (Wildman–Crippen MR) is 72.7 cm³/mol. The Hall–Kier alpha value is -3.16. The zero-order valence-corrected chi connectivity index (χ0v) is 10.8. The van der Waals surface area contributed by atoms with Crippen LogP contribution in [0.15, 0.2) is 29.1 Å². The Morgan fingerprint density at radius 3 is 2.41 bits per heavy atom. The molecule has 2 aromatic carbocycles. The van der Waals surface area contributed by atoms with Crippen LogP contribution in [0.1, 0.15) is 0 Å². The Morgan fingerprint density at radius 2 is 1.68 bits per heavy atom. The molecule has 0 bridgehead atoms. The summed E-state index contributed by atoms with van der Waals surface area (Å²) in [4.78, 5) is 18.2. The summed E-state index contributed by atoms with van der Waals surface area (Å²) in [6.45, 7) is 0. The number of fused-ring (bicyclic) bond motifs is 1. The van der Waals surface area contributed by atoms with Gasteiger partial charge in [0.15, 0.2) is 23.1 Å². The van der Waals surface area contributed by atoms with Gasteiger partial charge in [0.1, 0.15) is 5.69 Å². The molecule has 112 valence electrons. The number of hydrogen-bond acceptors (Lipinski definition) is 5. The fourth-order valence-corrected chi connectivity index (χ4v) is 2.02.